The lowest BCUT2D eigenvalue weighted by Gasteiger charge is -2.32. The Balaban J connectivity index is 1.77. The van der Waals surface area contributed by atoms with Gasteiger partial charge < -0.3 is 5.32 Å². The van der Waals surface area contributed by atoms with E-state index in [-0.39, 0.29) is 29.9 Å². The van der Waals surface area contributed by atoms with Crippen molar-refractivity contribution in [1.29, 1.82) is 0 Å². The van der Waals surface area contributed by atoms with E-state index in [1.165, 1.54) is 18.1 Å². The molecule has 0 bridgehead atoms. The van der Waals surface area contributed by atoms with Crippen molar-refractivity contribution in [3.63, 3.8) is 0 Å². The summed E-state index contributed by atoms with van der Waals surface area (Å²) in [5.41, 5.74) is 2.21. The number of rotatable bonds is 13. The molecule has 0 aliphatic heterocycles. The molecular weight excluding hydrogens is 444 g/mol. The molecule has 1 aliphatic carbocycles. The van der Waals surface area contributed by atoms with Crippen molar-refractivity contribution in [1.82, 2.24) is 10.3 Å². The van der Waals surface area contributed by atoms with Gasteiger partial charge in [-0.1, -0.05) is 45.8 Å². The second-order valence-electron chi connectivity index (χ2n) is 9.48. The van der Waals surface area contributed by atoms with Crippen molar-refractivity contribution in [2.45, 2.75) is 90.5 Å². The van der Waals surface area contributed by atoms with Crippen LogP contribution in [0.5, 0.6) is 0 Å². The fourth-order valence-corrected chi connectivity index (χ4v) is 5.99. The second kappa shape index (κ2) is 12.9. The summed E-state index contributed by atoms with van der Waals surface area (Å²) < 4.78 is 1.12. The van der Waals surface area contributed by atoms with Crippen LogP contribution >= 0.6 is 11.3 Å². The quantitative estimate of drug-likeness (QED) is 0.356. The molecule has 1 heterocycles. The molecule has 6 heteroatoms. The Labute approximate surface area is 207 Å². The molecule has 0 unspecified atom stereocenters. The number of nitrogens with one attached hydrogen (secondary N) is 1. The lowest BCUT2D eigenvalue weighted by atomic mass is 9.81. The molecule has 5 nitrogen and oxygen atoms in total. The van der Waals surface area contributed by atoms with Gasteiger partial charge in [0.05, 0.1) is 21.1 Å². The van der Waals surface area contributed by atoms with Gasteiger partial charge in [0.25, 0.3) is 0 Å². The molecule has 184 valence electrons. The van der Waals surface area contributed by atoms with Crippen LogP contribution in [0.4, 0.5) is 0 Å². The first-order chi connectivity index (χ1) is 16.4. The maximum Gasteiger partial charge on any atom is 0.224 e. The zero-order valence-corrected chi connectivity index (χ0v) is 21.4. The number of carbonyl (C=O) groups is 3. The maximum atomic E-state index is 13.5. The zero-order valence-electron chi connectivity index (χ0n) is 20.6. The summed E-state index contributed by atoms with van der Waals surface area (Å²) >= 11 is 1.61. The topological polar surface area (TPSA) is 76.1 Å². The Hall–Kier alpha value is -2.34. The number of aryl methyl sites for hydroxylation is 1. The highest BCUT2D eigenvalue weighted by Gasteiger charge is 2.29. The highest BCUT2D eigenvalue weighted by molar-refractivity contribution is 7.18. The van der Waals surface area contributed by atoms with Crippen LogP contribution in [0.15, 0.2) is 30.9 Å². The molecule has 0 spiro atoms. The lowest BCUT2D eigenvalue weighted by Crippen LogP contribution is -2.45. The van der Waals surface area contributed by atoms with Crippen LogP contribution in [-0.2, 0) is 27.2 Å². The Morgan fingerprint density at radius 3 is 2.65 bits per heavy atom. The molecule has 1 aliphatic rings. The first-order valence-electron chi connectivity index (χ1n) is 12.8. The number of nitrogens with zero attached hydrogens (tertiary/aromatic N) is 1. The molecule has 2 aromatic rings. The number of hydrogen-bond acceptors (Lipinski definition) is 5. The van der Waals surface area contributed by atoms with Gasteiger partial charge >= 0.3 is 0 Å². The van der Waals surface area contributed by atoms with Gasteiger partial charge in [-0.05, 0) is 55.4 Å². The van der Waals surface area contributed by atoms with Crippen LogP contribution in [0, 0.1) is 11.8 Å². The Bertz CT molecular complexity index is 1010. The summed E-state index contributed by atoms with van der Waals surface area (Å²) in [7, 11) is 0. The van der Waals surface area contributed by atoms with Crippen LogP contribution in [0.2, 0.25) is 0 Å². The van der Waals surface area contributed by atoms with Crippen molar-refractivity contribution in [3.8, 4) is 0 Å². The third-order valence-corrected chi connectivity index (χ3v) is 8.08. The van der Waals surface area contributed by atoms with Crippen molar-refractivity contribution < 1.29 is 14.4 Å². The Morgan fingerprint density at radius 1 is 1.21 bits per heavy atom. The van der Waals surface area contributed by atoms with Crippen LogP contribution < -0.4 is 5.32 Å². The molecule has 1 aromatic carbocycles. The standard InChI is InChI=1S/C28H38N2O3S/c1-4-19-12-14-25-26(16-19)34-27(29-25)18-21(17-23(32)6-3)28(33)30-24(15-13-22(31)5-2)20-10-8-7-9-11-20/h5,12,14,16,20-21,24H,2,4,6-11,13,15,17-18H2,1,3H3,(H,30,33)/t21-,24+/m0/s1. The zero-order chi connectivity index (χ0) is 24.5. The van der Waals surface area contributed by atoms with Crippen LogP contribution in [0.25, 0.3) is 10.2 Å². The predicted octanol–water partition coefficient (Wildman–Crippen LogP) is 5.99. The monoisotopic (exact) mass is 482 g/mol. The second-order valence-corrected chi connectivity index (χ2v) is 10.6. The van der Waals surface area contributed by atoms with Crippen LogP contribution in [0.3, 0.4) is 0 Å². The number of fused-ring (bicyclic) bond motifs is 1. The Morgan fingerprint density at radius 2 is 1.97 bits per heavy atom. The van der Waals surface area contributed by atoms with Gasteiger partial charge in [-0.15, -0.1) is 11.3 Å². The van der Waals surface area contributed by atoms with E-state index >= 15 is 0 Å². The van der Waals surface area contributed by atoms with Gasteiger partial charge in [0.1, 0.15) is 5.78 Å². The number of Topliss-reactive ketones (excluding diaryl/α,β-unsaturated/α-hetero) is 1. The maximum absolute atomic E-state index is 13.5. The van der Waals surface area contributed by atoms with E-state index in [4.69, 9.17) is 4.98 Å². The first-order valence-corrected chi connectivity index (χ1v) is 13.6. The van der Waals surface area contributed by atoms with Crippen molar-refractivity contribution in [2.75, 3.05) is 0 Å². The third-order valence-electron chi connectivity index (χ3n) is 7.04. The first kappa shape index (κ1) is 26.3. The predicted molar refractivity (Wildman–Crippen MR) is 139 cm³/mol. The molecule has 1 fully saturated rings. The average Bonchev–Trinajstić information content (AvgIpc) is 3.27. The number of amides is 1. The number of allylic oxidation sites excluding steroid dienone is 1. The SMILES string of the molecule is C=CC(=O)CC[C@@H](NC(=O)[C@@H](CC(=O)CC)Cc1nc2ccc(CC)cc2s1)C1CCCCC1. The Kier molecular flexibility index (Phi) is 10.00. The van der Waals surface area contributed by atoms with Crippen molar-refractivity contribution in [2.24, 2.45) is 11.8 Å². The van der Waals surface area contributed by atoms with E-state index in [2.05, 4.69) is 31.0 Å². The molecule has 3 rings (SSSR count). The fourth-order valence-electron chi connectivity index (χ4n) is 4.87. The molecule has 0 radical (unpaired) electrons. The smallest absolute Gasteiger partial charge is 0.224 e. The van der Waals surface area contributed by atoms with Crippen molar-refractivity contribution >= 4 is 39.0 Å². The largest absolute Gasteiger partial charge is 0.353 e. The molecule has 1 N–H and O–H groups in total. The number of hydrogen-bond donors (Lipinski definition) is 1. The minimum atomic E-state index is -0.445. The lowest BCUT2D eigenvalue weighted by molar-refractivity contribution is -0.130. The third kappa shape index (κ3) is 7.33. The summed E-state index contributed by atoms with van der Waals surface area (Å²) in [6.45, 7) is 7.55. The van der Waals surface area contributed by atoms with E-state index in [1.54, 1.807) is 11.3 Å². The molecular formula is C28H38N2O3S. The van der Waals surface area contributed by atoms with Crippen molar-refractivity contribution in [3.05, 3.63) is 41.4 Å². The van der Waals surface area contributed by atoms with E-state index < -0.39 is 5.92 Å². The number of aromatic nitrogens is 1. The number of ketones is 2. The van der Waals surface area contributed by atoms with E-state index in [1.807, 2.05) is 13.0 Å². The molecule has 1 aromatic heterocycles. The summed E-state index contributed by atoms with van der Waals surface area (Å²) in [6, 6.07) is 6.25. The summed E-state index contributed by atoms with van der Waals surface area (Å²) in [6.07, 6.45) is 10.1. The number of benzene rings is 1. The number of thiazole rings is 1. The number of carbonyl (C=O) groups excluding carboxylic acids is 3. The van der Waals surface area contributed by atoms with E-state index in [0.717, 1.165) is 47.3 Å². The normalized spacial score (nSPS) is 16.2. The summed E-state index contributed by atoms with van der Waals surface area (Å²) in [5, 5.41) is 4.16. The summed E-state index contributed by atoms with van der Waals surface area (Å²) in [4.78, 5) is 42.5. The average molecular weight is 483 g/mol. The fraction of sp³-hybridized carbons (Fsp3) is 0.571. The van der Waals surface area contributed by atoms with Gasteiger partial charge in [0.2, 0.25) is 5.91 Å². The molecule has 0 saturated heterocycles. The molecule has 34 heavy (non-hydrogen) atoms. The van der Waals surface area contributed by atoms with Gasteiger partial charge in [0, 0.05) is 31.7 Å². The van der Waals surface area contributed by atoms with Gasteiger partial charge in [-0.2, -0.15) is 0 Å². The minimum absolute atomic E-state index is 0.00805. The van der Waals surface area contributed by atoms with Crippen LogP contribution in [0.1, 0.15) is 82.2 Å². The highest BCUT2D eigenvalue weighted by Crippen LogP contribution is 2.30. The van der Waals surface area contributed by atoms with Gasteiger partial charge in [-0.3, -0.25) is 14.4 Å². The molecule has 2 atom stereocenters. The summed E-state index contributed by atoms with van der Waals surface area (Å²) in [5.74, 6) is -0.0520. The minimum Gasteiger partial charge on any atom is -0.353 e. The highest BCUT2D eigenvalue weighted by atomic mass is 32.1. The van der Waals surface area contributed by atoms with Gasteiger partial charge in [0.15, 0.2) is 5.78 Å². The van der Waals surface area contributed by atoms with E-state index in [9.17, 15) is 14.4 Å². The molecule has 1 amide bonds. The molecule has 1 saturated carbocycles. The van der Waals surface area contributed by atoms with Crippen LogP contribution in [-0.4, -0.2) is 28.5 Å². The van der Waals surface area contributed by atoms with E-state index in [0.29, 0.717) is 31.6 Å². The van der Waals surface area contributed by atoms with Gasteiger partial charge in [-0.25, -0.2) is 4.98 Å².